The van der Waals surface area contributed by atoms with Gasteiger partial charge in [0.05, 0.1) is 5.39 Å². The van der Waals surface area contributed by atoms with Crippen LogP contribution < -0.4 is 21.9 Å². The Kier molecular flexibility index (Phi) is 4.59. The molecule has 0 aliphatic heterocycles. The van der Waals surface area contributed by atoms with Gasteiger partial charge < -0.3 is 10.6 Å². The molecule has 3 aromatic rings. The Hall–Kier alpha value is -3.75. The summed E-state index contributed by atoms with van der Waals surface area (Å²) in [6, 6.07) is 9.23. The third-order valence-corrected chi connectivity index (χ3v) is 4.17. The summed E-state index contributed by atoms with van der Waals surface area (Å²) in [6.07, 6.45) is 0. The number of carbonyl (C=O) groups is 2. The molecule has 0 atom stereocenters. The summed E-state index contributed by atoms with van der Waals surface area (Å²) in [5, 5.41) is 5.42. The fourth-order valence-electron chi connectivity index (χ4n) is 2.63. The molecule has 9 nitrogen and oxygen atoms in total. The number of nitrogens with one attached hydrogen (secondary N) is 2. The SMILES string of the molecule is CNC(=O)c1ccc(NC(=O)c2ccc3c(=O)n(C)c(=O)n(C)c3n2)cc1. The van der Waals surface area contributed by atoms with Gasteiger partial charge in [-0.1, -0.05) is 0 Å². The van der Waals surface area contributed by atoms with Crippen molar-refractivity contribution in [3.8, 4) is 0 Å². The zero-order valence-electron chi connectivity index (χ0n) is 14.9. The van der Waals surface area contributed by atoms with Gasteiger partial charge in [0, 0.05) is 32.4 Å². The lowest BCUT2D eigenvalue weighted by Gasteiger charge is -2.09. The van der Waals surface area contributed by atoms with Crippen molar-refractivity contribution >= 4 is 28.5 Å². The van der Waals surface area contributed by atoms with Gasteiger partial charge in [-0.3, -0.25) is 23.5 Å². The monoisotopic (exact) mass is 367 g/mol. The van der Waals surface area contributed by atoms with Crippen molar-refractivity contribution in [1.82, 2.24) is 19.4 Å². The molecule has 2 N–H and O–H groups in total. The Balaban J connectivity index is 1.93. The maximum atomic E-state index is 12.5. The van der Waals surface area contributed by atoms with Gasteiger partial charge in [-0.05, 0) is 36.4 Å². The highest BCUT2D eigenvalue weighted by Crippen LogP contribution is 2.12. The van der Waals surface area contributed by atoms with E-state index in [1.807, 2.05) is 0 Å². The van der Waals surface area contributed by atoms with E-state index in [1.54, 1.807) is 24.3 Å². The standard InChI is InChI=1S/C18H17N5O4/c1-19-15(24)10-4-6-11(7-5-10)20-16(25)13-9-8-12-14(21-13)22(2)18(27)23(3)17(12)26/h4-9H,1-3H3,(H,19,24)(H,20,25). The van der Waals surface area contributed by atoms with Gasteiger partial charge in [0.15, 0.2) is 0 Å². The molecule has 138 valence electrons. The largest absolute Gasteiger partial charge is 0.355 e. The highest BCUT2D eigenvalue weighted by Gasteiger charge is 2.14. The molecule has 3 rings (SSSR count). The van der Waals surface area contributed by atoms with E-state index in [0.717, 1.165) is 4.57 Å². The quantitative estimate of drug-likeness (QED) is 0.688. The molecule has 9 heteroatoms. The smallest absolute Gasteiger partial charge is 0.332 e. The van der Waals surface area contributed by atoms with Gasteiger partial charge in [-0.2, -0.15) is 0 Å². The number of carbonyl (C=O) groups excluding carboxylic acids is 2. The molecule has 2 amide bonds. The molecule has 2 aromatic heterocycles. The van der Waals surface area contributed by atoms with Gasteiger partial charge in [0.25, 0.3) is 17.4 Å². The minimum atomic E-state index is -0.526. The van der Waals surface area contributed by atoms with Crippen molar-refractivity contribution in [1.29, 1.82) is 0 Å². The number of hydrogen-bond donors (Lipinski definition) is 2. The lowest BCUT2D eigenvalue weighted by Crippen LogP contribution is -2.37. The van der Waals surface area contributed by atoms with E-state index in [9.17, 15) is 19.2 Å². The predicted molar refractivity (Wildman–Crippen MR) is 100 cm³/mol. The van der Waals surface area contributed by atoms with Crippen LogP contribution in [-0.4, -0.2) is 33.0 Å². The Morgan fingerprint density at radius 2 is 1.59 bits per heavy atom. The maximum Gasteiger partial charge on any atom is 0.332 e. The van der Waals surface area contributed by atoms with Crippen LogP contribution >= 0.6 is 0 Å². The lowest BCUT2D eigenvalue weighted by molar-refractivity contribution is 0.0962. The first-order chi connectivity index (χ1) is 12.8. The van der Waals surface area contributed by atoms with Gasteiger partial charge in [0.2, 0.25) is 0 Å². The van der Waals surface area contributed by atoms with Crippen LogP contribution in [0.3, 0.4) is 0 Å². The summed E-state index contributed by atoms with van der Waals surface area (Å²) in [6.45, 7) is 0. The molecule has 0 radical (unpaired) electrons. The summed E-state index contributed by atoms with van der Waals surface area (Å²) in [7, 11) is 4.40. The molecule has 0 aliphatic carbocycles. The van der Waals surface area contributed by atoms with Crippen molar-refractivity contribution < 1.29 is 9.59 Å². The van der Waals surface area contributed by atoms with E-state index in [1.165, 1.54) is 37.8 Å². The van der Waals surface area contributed by atoms with Gasteiger partial charge >= 0.3 is 5.69 Å². The molecular formula is C18H17N5O4. The molecule has 1 aromatic carbocycles. The molecular weight excluding hydrogens is 350 g/mol. The minimum absolute atomic E-state index is 0.0566. The van der Waals surface area contributed by atoms with Gasteiger partial charge in [-0.15, -0.1) is 0 Å². The van der Waals surface area contributed by atoms with Crippen molar-refractivity contribution in [3.63, 3.8) is 0 Å². The fourth-order valence-corrected chi connectivity index (χ4v) is 2.63. The van der Waals surface area contributed by atoms with Crippen molar-refractivity contribution in [2.24, 2.45) is 14.1 Å². The molecule has 2 heterocycles. The summed E-state index contributed by atoms with van der Waals surface area (Å²) in [5.74, 6) is -0.732. The van der Waals surface area contributed by atoms with Crippen LogP contribution in [0.1, 0.15) is 20.8 Å². The molecule has 0 unspecified atom stereocenters. The number of aryl methyl sites for hydroxylation is 1. The number of fused-ring (bicyclic) bond motifs is 1. The number of rotatable bonds is 3. The van der Waals surface area contributed by atoms with Crippen LogP contribution in [-0.2, 0) is 14.1 Å². The van der Waals surface area contributed by atoms with E-state index in [2.05, 4.69) is 15.6 Å². The molecule has 27 heavy (non-hydrogen) atoms. The van der Waals surface area contributed by atoms with E-state index in [0.29, 0.717) is 11.3 Å². The van der Waals surface area contributed by atoms with E-state index < -0.39 is 17.2 Å². The number of pyridine rings is 1. The van der Waals surface area contributed by atoms with Crippen LogP contribution in [0.2, 0.25) is 0 Å². The van der Waals surface area contributed by atoms with Crippen molar-refractivity contribution in [3.05, 3.63) is 68.5 Å². The van der Waals surface area contributed by atoms with Gasteiger partial charge in [0.1, 0.15) is 11.3 Å². The highest BCUT2D eigenvalue weighted by atomic mass is 16.2. The van der Waals surface area contributed by atoms with Crippen LogP contribution in [0.4, 0.5) is 5.69 Å². The second-order valence-electron chi connectivity index (χ2n) is 5.88. The Morgan fingerprint density at radius 3 is 2.22 bits per heavy atom. The number of anilines is 1. The van der Waals surface area contributed by atoms with E-state index >= 15 is 0 Å². The average molecular weight is 367 g/mol. The average Bonchev–Trinajstić information content (AvgIpc) is 2.70. The number of aromatic nitrogens is 3. The van der Waals surface area contributed by atoms with Crippen LogP contribution in [0.15, 0.2) is 46.0 Å². The summed E-state index contributed by atoms with van der Waals surface area (Å²) < 4.78 is 2.20. The van der Waals surface area contributed by atoms with E-state index in [-0.39, 0.29) is 22.6 Å². The van der Waals surface area contributed by atoms with Crippen LogP contribution in [0.25, 0.3) is 11.0 Å². The predicted octanol–water partition coefficient (Wildman–Crippen LogP) is 0.244. The summed E-state index contributed by atoms with van der Waals surface area (Å²) in [4.78, 5) is 52.4. The summed E-state index contributed by atoms with van der Waals surface area (Å²) in [5.41, 5.74) is 0.129. The van der Waals surface area contributed by atoms with Crippen molar-refractivity contribution in [2.75, 3.05) is 12.4 Å². The molecule has 0 bridgehead atoms. The van der Waals surface area contributed by atoms with Crippen LogP contribution in [0, 0.1) is 0 Å². The topological polar surface area (TPSA) is 115 Å². The first-order valence-corrected chi connectivity index (χ1v) is 8.03. The minimum Gasteiger partial charge on any atom is -0.355 e. The van der Waals surface area contributed by atoms with Gasteiger partial charge in [-0.25, -0.2) is 9.78 Å². The highest BCUT2D eigenvalue weighted by molar-refractivity contribution is 6.04. The van der Waals surface area contributed by atoms with Crippen LogP contribution in [0.5, 0.6) is 0 Å². The molecule has 0 fully saturated rings. The molecule has 0 spiro atoms. The molecule has 0 aliphatic rings. The zero-order chi connectivity index (χ0) is 19.7. The maximum absolute atomic E-state index is 12.5. The second-order valence-corrected chi connectivity index (χ2v) is 5.88. The number of nitrogens with zero attached hydrogens (tertiary/aromatic N) is 3. The third-order valence-electron chi connectivity index (χ3n) is 4.17. The molecule has 0 saturated heterocycles. The summed E-state index contributed by atoms with van der Waals surface area (Å²) >= 11 is 0. The van der Waals surface area contributed by atoms with E-state index in [4.69, 9.17) is 0 Å². The zero-order valence-corrected chi connectivity index (χ0v) is 14.9. The third kappa shape index (κ3) is 3.22. The first-order valence-electron chi connectivity index (χ1n) is 8.03. The lowest BCUT2D eigenvalue weighted by atomic mass is 10.2. The number of amides is 2. The second kappa shape index (κ2) is 6.87. The first kappa shape index (κ1) is 18.1. The van der Waals surface area contributed by atoms with Crippen molar-refractivity contribution in [2.45, 2.75) is 0 Å². The fraction of sp³-hybridized carbons (Fsp3) is 0.167. The Labute approximate surface area is 153 Å². The molecule has 0 saturated carbocycles. The number of hydrogen-bond acceptors (Lipinski definition) is 5. The Morgan fingerprint density at radius 1 is 0.926 bits per heavy atom. The number of benzene rings is 1. The Bertz CT molecular complexity index is 1180. The normalized spacial score (nSPS) is 10.6.